The third-order valence-electron chi connectivity index (χ3n) is 2.42. The van der Waals surface area contributed by atoms with E-state index in [1.54, 1.807) is 31.2 Å². The number of ether oxygens (including phenoxy) is 2. The summed E-state index contributed by atoms with van der Waals surface area (Å²) in [6.45, 7) is 1.99. The fourth-order valence-electron chi connectivity index (χ4n) is 1.41. The van der Waals surface area contributed by atoms with Crippen LogP contribution in [0.1, 0.15) is 18.3 Å². The Kier molecular flexibility index (Phi) is 9.38. The first-order valence-electron chi connectivity index (χ1n) is 7.29. The van der Waals surface area contributed by atoms with Gasteiger partial charge in [0.25, 0.3) is 0 Å². The number of nitrogens with zero attached hydrogens (tertiary/aromatic N) is 3. The van der Waals surface area contributed by atoms with Crippen LogP contribution in [0.25, 0.3) is 12.2 Å². The summed E-state index contributed by atoms with van der Waals surface area (Å²) < 4.78 is 9.01. The Hall–Kier alpha value is -3.49. The number of hydrazone groups is 2. The second-order valence-corrected chi connectivity index (χ2v) is 4.20. The van der Waals surface area contributed by atoms with Crippen molar-refractivity contribution in [3.63, 3.8) is 0 Å². The van der Waals surface area contributed by atoms with E-state index in [0.717, 1.165) is 0 Å². The van der Waals surface area contributed by atoms with Crippen LogP contribution in [0.5, 0.6) is 0 Å². The summed E-state index contributed by atoms with van der Waals surface area (Å²) in [5, 5.41) is 7.32. The van der Waals surface area contributed by atoms with E-state index in [1.807, 2.05) is 18.2 Å². The maximum Gasteiger partial charge on any atom is 0.427 e. The monoisotopic (exact) mass is 345 g/mol. The quantitative estimate of drug-likeness (QED) is 0.581. The molecular formula is C16H19N5O4. The van der Waals surface area contributed by atoms with E-state index in [0.29, 0.717) is 11.4 Å². The van der Waals surface area contributed by atoms with Crippen LogP contribution >= 0.6 is 0 Å². The molecule has 9 nitrogen and oxygen atoms in total. The number of methoxy groups -OCH3 is 1. The lowest BCUT2D eigenvalue weighted by Crippen LogP contribution is -2.18. The van der Waals surface area contributed by atoms with Crippen molar-refractivity contribution >= 4 is 36.8 Å². The van der Waals surface area contributed by atoms with Crippen molar-refractivity contribution in [3.8, 4) is 0 Å². The van der Waals surface area contributed by atoms with Gasteiger partial charge in [-0.05, 0) is 43.4 Å². The highest BCUT2D eigenvalue weighted by molar-refractivity contribution is 5.80. The molecule has 0 aliphatic carbocycles. The van der Waals surface area contributed by atoms with Gasteiger partial charge in [-0.1, -0.05) is 6.07 Å². The van der Waals surface area contributed by atoms with Gasteiger partial charge in [0.05, 0.1) is 25.1 Å². The van der Waals surface area contributed by atoms with Crippen molar-refractivity contribution < 1.29 is 19.1 Å². The predicted molar refractivity (Wildman–Crippen MR) is 95.0 cm³/mol. The van der Waals surface area contributed by atoms with Gasteiger partial charge < -0.3 is 9.47 Å². The molecule has 0 spiro atoms. The standard InChI is InChI=1S/C16H19N5O4/c1-3-25-16(23)21-18-12-6-10-14-8-4-7-13(19-14)9-5-11-17-20-15(22)24-2/h4-12H,3H2,1-2H3,(H,20,22)(H,21,23)/b9-5+,10-6+,17-11+,18-12+. The maximum absolute atomic E-state index is 11.0. The Bertz CT molecular complexity index is 683. The lowest BCUT2D eigenvalue weighted by Gasteiger charge is -1.97. The molecule has 0 fully saturated rings. The molecule has 0 radical (unpaired) electrons. The molecule has 1 aromatic heterocycles. The summed E-state index contributed by atoms with van der Waals surface area (Å²) in [4.78, 5) is 26.1. The van der Waals surface area contributed by atoms with Crippen LogP contribution in [-0.2, 0) is 9.47 Å². The van der Waals surface area contributed by atoms with E-state index < -0.39 is 12.2 Å². The molecule has 0 unspecified atom stereocenters. The minimum Gasteiger partial charge on any atom is -0.452 e. The van der Waals surface area contributed by atoms with E-state index in [9.17, 15) is 9.59 Å². The van der Waals surface area contributed by atoms with Crippen LogP contribution in [-0.4, -0.2) is 43.3 Å². The predicted octanol–water partition coefficient (Wildman–Crippen LogP) is 2.18. The van der Waals surface area contributed by atoms with E-state index in [1.165, 1.54) is 19.5 Å². The zero-order valence-corrected chi connectivity index (χ0v) is 13.9. The van der Waals surface area contributed by atoms with Crippen LogP contribution in [0, 0.1) is 0 Å². The van der Waals surface area contributed by atoms with E-state index in [-0.39, 0.29) is 6.61 Å². The summed E-state index contributed by atoms with van der Waals surface area (Å²) in [5.74, 6) is 0. The molecule has 1 aromatic rings. The minimum atomic E-state index is -0.644. The van der Waals surface area contributed by atoms with Crippen LogP contribution in [0.2, 0.25) is 0 Å². The number of hydrogen-bond donors (Lipinski definition) is 2. The third kappa shape index (κ3) is 9.29. The van der Waals surface area contributed by atoms with Crippen LogP contribution in [0.3, 0.4) is 0 Å². The SMILES string of the molecule is CCOC(=O)N/N=C/C=C/c1cccc(/C=C/C=N/NC(=O)OC)n1. The molecule has 1 rings (SSSR count). The molecule has 0 saturated carbocycles. The molecule has 0 aromatic carbocycles. The summed E-state index contributed by atoms with van der Waals surface area (Å²) in [6, 6.07) is 5.46. The molecule has 0 bridgehead atoms. The number of pyridine rings is 1. The van der Waals surface area contributed by atoms with Crippen LogP contribution in [0.4, 0.5) is 9.59 Å². The molecule has 2 amide bonds. The van der Waals surface area contributed by atoms with Crippen LogP contribution in [0.15, 0.2) is 40.6 Å². The molecule has 1 heterocycles. The van der Waals surface area contributed by atoms with Gasteiger partial charge in [0.1, 0.15) is 0 Å². The van der Waals surface area contributed by atoms with Crippen molar-refractivity contribution in [1.29, 1.82) is 0 Å². The fourth-order valence-corrected chi connectivity index (χ4v) is 1.41. The summed E-state index contributed by atoms with van der Waals surface area (Å²) in [5.41, 5.74) is 5.77. The number of rotatable bonds is 7. The molecule has 0 saturated heterocycles. The van der Waals surface area contributed by atoms with Gasteiger partial charge in [-0.25, -0.2) is 25.4 Å². The van der Waals surface area contributed by atoms with Gasteiger partial charge in [0, 0.05) is 12.4 Å². The first kappa shape index (κ1) is 19.6. The number of hydrogen-bond acceptors (Lipinski definition) is 7. The third-order valence-corrected chi connectivity index (χ3v) is 2.42. The van der Waals surface area contributed by atoms with Crippen molar-refractivity contribution in [1.82, 2.24) is 15.8 Å². The molecule has 2 N–H and O–H groups in total. The highest BCUT2D eigenvalue weighted by Gasteiger charge is 1.94. The lowest BCUT2D eigenvalue weighted by atomic mass is 10.2. The van der Waals surface area contributed by atoms with Crippen molar-refractivity contribution in [2.24, 2.45) is 10.2 Å². The maximum atomic E-state index is 11.0. The molecule has 0 aliphatic rings. The van der Waals surface area contributed by atoms with Crippen molar-refractivity contribution in [2.75, 3.05) is 13.7 Å². The van der Waals surface area contributed by atoms with E-state index in [2.05, 4.69) is 35.5 Å². The van der Waals surface area contributed by atoms with Gasteiger partial charge in [-0.15, -0.1) is 0 Å². The van der Waals surface area contributed by atoms with Gasteiger partial charge in [0.15, 0.2) is 0 Å². The van der Waals surface area contributed by atoms with Crippen LogP contribution < -0.4 is 10.9 Å². The zero-order chi connectivity index (χ0) is 18.3. The number of carbonyl (C=O) groups is 2. The topological polar surface area (TPSA) is 114 Å². The van der Waals surface area contributed by atoms with Gasteiger partial charge in [-0.3, -0.25) is 0 Å². The number of carbonyl (C=O) groups excluding carboxylic acids is 2. The highest BCUT2D eigenvalue weighted by Crippen LogP contribution is 2.02. The summed E-state index contributed by atoms with van der Waals surface area (Å²) >= 11 is 0. The fraction of sp³-hybridized carbons (Fsp3) is 0.188. The average molecular weight is 345 g/mol. The largest absolute Gasteiger partial charge is 0.452 e. The highest BCUT2D eigenvalue weighted by atomic mass is 16.6. The Morgan fingerprint density at radius 2 is 1.64 bits per heavy atom. The number of aromatic nitrogens is 1. The first-order chi connectivity index (χ1) is 12.2. The van der Waals surface area contributed by atoms with Gasteiger partial charge in [0.2, 0.25) is 0 Å². The first-order valence-corrected chi connectivity index (χ1v) is 7.29. The lowest BCUT2D eigenvalue weighted by molar-refractivity contribution is 0.152. The molecule has 9 heteroatoms. The van der Waals surface area contributed by atoms with Crippen molar-refractivity contribution in [3.05, 3.63) is 41.7 Å². The van der Waals surface area contributed by atoms with E-state index in [4.69, 9.17) is 0 Å². The minimum absolute atomic E-state index is 0.283. The molecule has 0 atom stereocenters. The van der Waals surface area contributed by atoms with Gasteiger partial charge >= 0.3 is 12.2 Å². The van der Waals surface area contributed by atoms with Gasteiger partial charge in [-0.2, -0.15) is 10.2 Å². The second-order valence-electron chi connectivity index (χ2n) is 4.20. The Labute approximate surface area is 145 Å². The summed E-state index contributed by atoms with van der Waals surface area (Å²) in [7, 11) is 1.25. The zero-order valence-electron chi connectivity index (χ0n) is 13.9. The Morgan fingerprint density at radius 3 is 2.16 bits per heavy atom. The number of nitrogens with one attached hydrogen (secondary N) is 2. The Balaban J connectivity index is 2.51. The number of allylic oxidation sites excluding steroid dienone is 2. The summed E-state index contributed by atoms with van der Waals surface area (Å²) in [6.07, 6.45) is 8.24. The van der Waals surface area contributed by atoms with E-state index >= 15 is 0 Å². The number of amides is 2. The molecule has 25 heavy (non-hydrogen) atoms. The molecular weight excluding hydrogens is 326 g/mol. The molecule has 0 aliphatic heterocycles. The smallest absolute Gasteiger partial charge is 0.427 e. The Morgan fingerprint density at radius 1 is 1.08 bits per heavy atom. The molecule has 132 valence electrons. The second kappa shape index (κ2) is 12.0. The normalized spacial score (nSPS) is 11.4. The average Bonchev–Trinajstić information content (AvgIpc) is 2.61. The van der Waals surface area contributed by atoms with Crippen molar-refractivity contribution in [2.45, 2.75) is 6.92 Å².